The van der Waals surface area contributed by atoms with Crippen LogP contribution < -0.4 is 0 Å². The molecule has 0 bridgehead atoms. The molecule has 3 heteroatoms. The highest BCUT2D eigenvalue weighted by molar-refractivity contribution is 4.59. The normalized spacial score (nSPS) is 13.2. The largest absolute Gasteiger partial charge is 0.382 e. The van der Waals surface area contributed by atoms with Gasteiger partial charge in [-0.05, 0) is 6.42 Å². The molecule has 0 saturated carbocycles. The monoisotopic (exact) mass is 117 g/mol. The topological polar surface area (TPSA) is 38.7 Å². The van der Waals surface area contributed by atoms with E-state index >= 15 is 0 Å². The molecule has 48 valence electrons. The quantitative estimate of drug-likeness (QED) is 0.518. The fourth-order valence-electron chi connectivity index (χ4n) is 0.415. The van der Waals surface area contributed by atoms with Gasteiger partial charge in [-0.2, -0.15) is 4.91 Å². The van der Waals surface area contributed by atoms with E-state index < -0.39 is 0 Å². The van der Waals surface area contributed by atoms with Gasteiger partial charge >= 0.3 is 0 Å². The van der Waals surface area contributed by atoms with Gasteiger partial charge in [0.05, 0.1) is 6.61 Å². The Morgan fingerprint density at radius 1 is 1.75 bits per heavy atom. The summed E-state index contributed by atoms with van der Waals surface area (Å²) < 4.78 is 4.69. The van der Waals surface area contributed by atoms with E-state index in [0.717, 1.165) is 6.42 Å². The Hall–Kier alpha value is -0.440. The Bertz CT molecular complexity index is 65.4. The van der Waals surface area contributed by atoms with Crippen LogP contribution in [0.1, 0.15) is 13.3 Å². The predicted octanol–water partition coefficient (Wildman–Crippen LogP) is 1.18. The van der Waals surface area contributed by atoms with Crippen LogP contribution in [0.4, 0.5) is 0 Å². The molecule has 0 aliphatic rings. The van der Waals surface area contributed by atoms with Crippen LogP contribution in [-0.4, -0.2) is 19.8 Å². The lowest BCUT2D eigenvalue weighted by molar-refractivity contribution is 0.179. The number of rotatable bonds is 4. The van der Waals surface area contributed by atoms with Crippen molar-refractivity contribution in [1.82, 2.24) is 0 Å². The zero-order valence-corrected chi connectivity index (χ0v) is 5.26. The Morgan fingerprint density at radius 2 is 2.38 bits per heavy atom. The Labute approximate surface area is 49.0 Å². The van der Waals surface area contributed by atoms with Crippen molar-refractivity contribution in [2.45, 2.75) is 19.4 Å². The first kappa shape index (κ1) is 7.56. The van der Waals surface area contributed by atoms with Crippen LogP contribution in [0.15, 0.2) is 5.18 Å². The second-order valence-corrected chi connectivity index (χ2v) is 1.62. The van der Waals surface area contributed by atoms with Crippen LogP contribution in [-0.2, 0) is 4.74 Å². The molecular formula is C5H11NO2. The Morgan fingerprint density at radius 3 is 2.50 bits per heavy atom. The lowest BCUT2D eigenvalue weighted by atomic mass is 10.3. The highest BCUT2D eigenvalue weighted by Crippen LogP contribution is 1.94. The van der Waals surface area contributed by atoms with Crippen LogP contribution >= 0.6 is 0 Å². The molecule has 0 spiro atoms. The van der Waals surface area contributed by atoms with Gasteiger partial charge in [-0.15, -0.1) is 0 Å². The minimum absolute atomic E-state index is 0.153. The lowest BCUT2D eigenvalue weighted by Gasteiger charge is -2.00. The van der Waals surface area contributed by atoms with Crippen molar-refractivity contribution >= 4 is 0 Å². The molecule has 0 aromatic rings. The first-order valence-electron chi connectivity index (χ1n) is 2.66. The van der Waals surface area contributed by atoms with Gasteiger partial charge in [0, 0.05) is 7.11 Å². The molecule has 0 aromatic heterocycles. The zero-order chi connectivity index (χ0) is 6.41. The fraction of sp³-hybridized carbons (Fsp3) is 1.00. The Balaban J connectivity index is 3.21. The summed E-state index contributed by atoms with van der Waals surface area (Å²) in [5, 5.41) is 2.82. The Kier molecular flexibility index (Phi) is 4.45. The maximum atomic E-state index is 9.80. The van der Waals surface area contributed by atoms with Crippen molar-refractivity contribution in [2.75, 3.05) is 13.7 Å². The fourth-order valence-corrected chi connectivity index (χ4v) is 0.415. The SMILES string of the molecule is CCC(COC)N=O. The maximum absolute atomic E-state index is 9.80. The first-order chi connectivity index (χ1) is 3.85. The molecule has 0 radical (unpaired) electrons. The van der Waals surface area contributed by atoms with Crippen molar-refractivity contribution in [1.29, 1.82) is 0 Å². The van der Waals surface area contributed by atoms with E-state index in [9.17, 15) is 4.91 Å². The molecule has 1 atom stereocenters. The van der Waals surface area contributed by atoms with Crippen LogP contribution in [0, 0.1) is 4.91 Å². The van der Waals surface area contributed by atoms with E-state index in [1.165, 1.54) is 0 Å². The lowest BCUT2D eigenvalue weighted by Crippen LogP contribution is -2.08. The van der Waals surface area contributed by atoms with E-state index in [4.69, 9.17) is 4.74 Å². The van der Waals surface area contributed by atoms with Crippen molar-refractivity contribution < 1.29 is 4.74 Å². The van der Waals surface area contributed by atoms with Crippen LogP contribution in [0.5, 0.6) is 0 Å². The van der Waals surface area contributed by atoms with Gasteiger partial charge in [-0.1, -0.05) is 12.1 Å². The molecule has 3 nitrogen and oxygen atoms in total. The minimum atomic E-state index is -0.153. The molecule has 0 aliphatic carbocycles. The van der Waals surface area contributed by atoms with Gasteiger partial charge in [-0.3, -0.25) is 0 Å². The van der Waals surface area contributed by atoms with Gasteiger partial charge in [0.25, 0.3) is 0 Å². The number of ether oxygens (including phenoxy) is 1. The van der Waals surface area contributed by atoms with E-state index in [1.807, 2.05) is 6.92 Å². The van der Waals surface area contributed by atoms with Crippen molar-refractivity contribution in [3.63, 3.8) is 0 Å². The highest BCUT2D eigenvalue weighted by atomic mass is 16.5. The van der Waals surface area contributed by atoms with Crippen molar-refractivity contribution in [3.05, 3.63) is 4.91 Å². The van der Waals surface area contributed by atoms with Crippen LogP contribution in [0.3, 0.4) is 0 Å². The number of methoxy groups -OCH3 is 1. The smallest absolute Gasteiger partial charge is 0.115 e. The van der Waals surface area contributed by atoms with Gasteiger partial charge in [0.15, 0.2) is 0 Å². The summed E-state index contributed by atoms with van der Waals surface area (Å²) in [6.45, 7) is 2.35. The minimum Gasteiger partial charge on any atom is -0.382 e. The molecule has 0 fully saturated rings. The number of nitroso groups, excluding NO2 is 1. The molecule has 1 unspecified atom stereocenters. The standard InChI is InChI=1S/C5H11NO2/c1-3-5(6-7)4-8-2/h5H,3-4H2,1-2H3. The summed E-state index contributed by atoms with van der Waals surface area (Å²) >= 11 is 0. The molecule has 0 aliphatic heterocycles. The van der Waals surface area contributed by atoms with Gasteiger partial charge in [-0.25, -0.2) is 0 Å². The second-order valence-electron chi connectivity index (χ2n) is 1.62. The predicted molar refractivity (Wildman–Crippen MR) is 31.7 cm³/mol. The first-order valence-corrected chi connectivity index (χ1v) is 2.66. The molecule has 0 amide bonds. The number of hydrogen-bond donors (Lipinski definition) is 0. The average Bonchev–Trinajstić information content (AvgIpc) is 1.83. The number of hydrogen-bond acceptors (Lipinski definition) is 3. The second kappa shape index (κ2) is 4.71. The molecule has 0 aromatic carbocycles. The van der Waals surface area contributed by atoms with Gasteiger partial charge in [0.1, 0.15) is 6.04 Å². The van der Waals surface area contributed by atoms with Crippen molar-refractivity contribution in [2.24, 2.45) is 5.18 Å². The van der Waals surface area contributed by atoms with E-state index in [2.05, 4.69) is 5.18 Å². The van der Waals surface area contributed by atoms with E-state index in [0.29, 0.717) is 6.61 Å². The molecule has 8 heavy (non-hydrogen) atoms. The molecule has 0 rings (SSSR count). The van der Waals surface area contributed by atoms with E-state index in [1.54, 1.807) is 7.11 Å². The highest BCUT2D eigenvalue weighted by Gasteiger charge is 2.01. The van der Waals surface area contributed by atoms with Gasteiger partial charge in [0.2, 0.25) is 0 Å². The van der Waals surface area contributed by atoms with Crippen LogP contribution in [0.2, 0.25) is 0 Å². The summed E-state index contributed by atoms with van der Waals surface area (Å²) in [6, 6.07) is -0.153. The summed E-state index contributed by atoms with van der Waals surface area (Å²) in [5.41, 5.74) is 0. The molecule has 0 heterocycles. The van der Waals surface area contributed by atoms with Crippen LogP contribution in [0.25, 0.3) is 0 Å². The molecule has 0 N–H and O–H groups in total. The summed E-state index contributed by atoms with van der Waals surface area (Å²) in [6.07, 6.45) is 0.761. The summed E-state index contributed by atoms with van der Waals surface area (Å²) in [5.74, 6) is 0. The van der Waals surface area contributed by atoms with Gasteiger partial charge < -0.3 is 4.74 Å². The third kappa shape index (κ3) is 2.69. The summed E-state index contributed by atoms with van der Waals surface area (Å²) in [4.78, 5) is 9.80. The third-order valence-corrected chi connectivity index (χ3v) is 0.979. The third-order valence-electron chi connectivity index (χ3n) is 0.979. The molecule has 0 saturated heterocycles. The summed E-state index contributed by atoms with van der Waals surface area (Å²) in [7, 11) is 1.56. The maximum Gasteiger partial charge on any atom is 0.115 e. The molecular weight excluding hydrogens is 106 g/mol. The zero-order valence-electron chi connectivity index (χ0n) is 5.26. The van der Waals surface area contributed by atoms with E-state index in [-0.39, 0.29) is 6.04 Å². The average molecular weight is 117 g/mol. The van der Waals surface area contributed by atoms with Crippen molar-refractivity contribution in [3.8, 4) is 0 Å². The number of nitrogens with zero attached hydrogens (tertiary/aromatic N) is 1.